The quantitative estimate of drug-likeness (QED) is 0.684. The molecular formula is C18H18FN3O3S. The third-order valence-electron chi connectivity index (χ3n) is 3.81. The van der Waals surface area contributed by atoms with Gasteiger partial charge in [-0.1, -0.05) is 23.4 Å². The van der Waals surface area contributed by atoms with E-state index in [2.05, 4.69) is 15.2 Å². The van der Waals surface area contributed by atoms with Gasteiger partial charge in [0.15, 0.2) is 10.7 Å². The molecule has 0 saturated heterocycles. The van der Waals surface area contributed by atoms with E-state index in [1.807, 2.05) is 0 Å². The normalized spacial score (nSPS) is 11.3. The van der Waals surface area contributed by atoms with Crippen molar-refractivity contribution in [2.24, 2.45) is 0 Å². The number of hydrogen-bond acceptors (Lipinski definition) is 5. The van der Waals surface area contributed by atoms with Crippen molar-refractivity contribution in [2.75, 3.05) is 10.0 Å². The molecule has 1 heterocycles. The number of nitrogens with one attached hydrogen (secondary N) is 2. The smallest absolute Gasteiger partial charge is 0.267 e. The zero-order valence-electron chi connectivity index (χ0n) is 14.3. The molecule has 0 unspecified atom stereocenters. The first kappa shape index (κ1) is 17.9. The fourth-order valence-corrected chi connectivity index (χ4v) is 3.95. The molecule has 3 rings (SSSR count). The predicted molar refractivity (Wildman–Crippen MR) is 97.0 cm³/mol. The monoisotopic (exact) mass is 375 g/mol. The highest BCUT2D eigenvalue weighted by Crippen LogP contribution is 2.23. The molecule has 26 heavy (non-hydrogen) atoms. The summed E-state index contributed by atoms with van der Waals surface area (Å²) in [5.41, 5.74) is 2.00. The van der Waals surface area contributed by atoms with Gasteiger partial charge >= 0.3 is 0 Å². The molecule has 0 radical (unpaired) electrons. The van der Waals surface area contributed by atoms with Gasteiger partial charge in [-0.15, -0.1) is 0 Å². The number of aromatic nitrogens is 1. The Labute approximate surface area is 151 Å². The Bertz CT molecular complexity index is 995. The molecule has 0 aliphatic carbocycles. The van der Waals surface area contributed by atoms with E-state index in [4.69, 9.17) is 4.52 Å². The van der Waals surface area contributed by atoms with Crippen molar-refractivity contribution in [1.29, 1.82) is 0 Å². The lowest BCUT2D eigenvalue weighted by atomic mass is 10.2. The Morgan fingerprint density at radius 1 is 1.04 bits per heavy atom. The number of benzene rings is 2. The summed E-state index contributed by atoms with van der Waals surface area (Å²) in [6.07, 6.45) is 0. The Balaban J connectivity index is 1.69. The van der Waals surface area contributed by atoms with Gasteiger partial charge in [-0.2, -0.15) is 0 Å². The molecular weight excluding hydrogens is 357 g/mol. The first-order valence-corrected chi connectivity index (χ1v) is 9.38. The number of halogens is 1. The van der Waals surface area contributed by atoms with Crippen molar-refractivity contribution in [3.05, 3.63) is 71.4 Å². The number of nitrogens with zero attached hydrogens (tertiary/aromatic N) is 1. The van der Waals surface area contributed by atoms with Gasteiger partial charge in [-0.05, 0) is 44.2 Å². The zero-order chi connectivity index (χ0) is 18.7. The van der Waals surface area contributed by atoms with E-state index in [0.29, 0.717) is 23.5 Å². The molecule has 0 amide bonds. The van der Waals surface area contributed by atoms with Crippen LogP contribution in [0.4, 0.5) is 15.8 Å². The highest BCUT2D eigenvalue weighted by molar-refractivity contribution is 7.92. The van der Waals surface area contributed by atoms with Crippen molar-refractivity contribution in [3.63, 3.8) is 0 Å². The summed E-state index contributed by atoms with van der Waals surface area (Å²) in [5.74, 6) is -0.0398. The van der Waals surface area contributed by atoms with Crippen LogP contribution in [0.1, 0.15) is 17.0 Å². The molecule has 0 fully saturated rings. The molecule has 3 aromatic rings. The van der Waals surface area contributed by atoms with Gasteiger partial charge in [-0.25, -0.2) is 12.8 Å². The third kappa shape index (κ3) is 3.85. The lowest BCUT2D eigenvalue weighted by Gasteiger charge is -2.10. The van der Waals surface area contributed by atoms with Crippen LogP contribution >= 0.6 is 0 Å². The van der Waals surface area contributed by atoms with Gasteiger partial charge in [0.05, 0.1) is 0 Å². The Morgan fingerprint density at radius 3 is 2.31 bits per heavy atom. The van der Waals surface area contributed by atoms with E-state index in [0.717, 1.165) is 5.69 Å². The van der Waals surface area contributed by atoms with E-state index in [1.54, 1.807) is 56.3 Å². The molecule has 0 aliphatic rings. The molecule has 6 nitrogen and oxygen atoms in total. The maximum atomic E-state index is 13.6. The standard InChI is InChI=1S/C18H18FN3O3S/c1-12-18(13(2)25-21-12)26(23,24)22-16-9-7-15(8-10-16)20-11-14-5-3-4-6-17(14)19/h3-10,20,22H,11H2,1-2H3. The van der Waals surface area contributed by atoms with Crippen LogP contribution in [0.15, 0.2) is 57.9 Å². The molecule has 0 saturated carbocycles. The molecule has 136 valence electrons. The van der Waals surface area contributed by atoms with Crippen molar-refractivity contribution in [3.8, 4) is 0 Å². The minimum atomic E-state index is -3.78. The predicted octanol–water partition coefficient (Wildman–Crippen LogP) is 3.84. The maximum absolute atomic E-state index is 13.6. The number of sulfonamides is 1. The van der Waals surface area contributed by atoms with Crippen LogP contribution in [0, 0.1) is 19.7 Å². The number of anilines is 2. The second-order valence-corrected chi connectivity index (χ2v) is 7.40. The largest absolute Gasteiger partial charge is 0.381 e. The summed E-state index contributed by atoms with van der Waals surface area (Å²) in [7, 11) is -3.78. The molecule has 0 atom stereocenters. The van der Waals surface area contributed by atoms with Crippen molar-refractivity contribution >= 4 is 21.4 Å². The van der Waals surface area contributed by atoms with Gasteiger partial charge in [0.2, 0.25) is 0 Å². The molecule has 1 aromatic heterocycles. The summed E-state index contributed by atoms with van der Waals surface area (Å²) >= 11 is 0. The van der Waals surface area contributed by atoms with E-state index >= 15 is 0 Å². The van der Waals surface area contributed by atoms with Gasteiger partial charge in [-0.3, -0.25) is 4.72 Å². The van der Waals surface area contributed by atoms with E-state index < -0.39 is 10.0 Å². The number of aryl methyl sites for hydroxylation is 2. The van der Waals surface area contributed by atoms with Crippen LogP contribution < -0.4 is 10.0 Å². The van der Waals surface area contributed by atoms with Gasteiger partial charge in [0.1, 0.15) is 11.5 Å². The lowest BCUT2D eigenvalue weighted by molar-refractivity contribution is 0.390. The second-order valence-electron chi connectivity index (χ2n) is 5.78. The number of hydrogen-bond donors (Lipinski definition) is 2. The third-order valence-corrected chi connectivity index (χ3v) is 5.44. The summed E-state index contributed by atoms with van der Waals surface area (Å²) in [5, 5.41) is 6.76. The van der Waals surface area contributed by atoms with Crippen molar-refractivity contribution in [1.82, 2.24) is 5.16 Å². The van der Waals surface area contributed by atoms with Crippen LogP contribution in [0.25, 0.3) is 0 Å². The van der Waals surface area contributed by atoms with Gasteiger partial charge in [0, 0.05) is 23.5 Å². The van der Waals surface area contributed by atoms with Crippen LogP contribution in [0.2, 0.25) is 0 Å². The van der Waals surface area contributed by atoms with Crippen LogP contribution in [-0.4, -0.2) is 13.6 Å². The summed E-state index contributed by atoms with van der Waals surface area (Å²) < 4.78 is 46.0. The Morgan fingerprint density at radius 2 is 1.69 bits per heavy atom. The first-order chi connectivity index (χ1) is 12.4. The van der Waals surface area contributed by atoms with Crippen LogP contribution in [-0.2, 0) is 16.6 Å². The summed E-state index contributed by atoms with van der Waals surface area (Å²) in [4.78, 5) is 0.0410. The summed E-state index contributed by atoms with van der Waals surface area (Å²) in [6.45, 7) is 3.45. The highest BCUT2D eigenvalue weighted by atomic mass is 32.2. The molecule has 2 aromatic carbocycles. The van der Waals surface area contributed by atoms with E-state index in [9.17, 15) is 12.8 Å². The van der Waals surface area contributed by atoms with Gasteiger partial charge < -0.3 is 9.84 Å². The first-order valence-electron chi connectivity index (χ1n) is 7.90. The molecule has 8 heteroatoms. The van der Waals surface area contributed by atoms with E-state index in [-0.39, 0.29) is 16.5 Å². The average Bonchev–Trinajstić information content (AvgIpc) is 2.94. The Hall–Kier alpha value is -2.87. The van der Waals surface area contributed by atoms with Crippen molar-refractivity contribution < 1.29 is 17.3 Å². The zero-order valence-corrected chi connectivity index (χ0v) is 15.1. The second kappa shape index (κ2) is 7.17. The van der Waals surface area contributed by atoms with Gasteiger partial charge in [0.25, 0.3) is 10.0 Å². The Kier molecular flexibility index (Phi) is 4.94. The molecule has 0 bridgehead atoms. The summed E-state index contributed by atoms with van der Waals surface area (Å²) in [6, 6.07) is 13.2. The van der Waals surface area contributed by atoms with E-state index in [1.165, 1.54) is 6.07 Å². The maximum Gasteiger partial charge on any atom is 0.267 e. The highest BCUT2D eigenvalue weighted by Gasteiger charge is 2.24. The molecule has 0 spiro atoms. The van der Waals surface area contributed by atoms with Crippen LogP contribution in [0.3, 0.4) is 0 Å². The fraction of sp³-hybridized carbons (Fsp3) is 0.167. The SMILES string of the molecule is Cc1noc(C)c1S(=O)(=O)Nc1ccc(NCc2ccccc2F)cc1. The lowest BCUT2D eigenvalue weighted by Crippen LogP contribution is -2.14. The molecule has 0 aliphatic heterocycles. The number of rotatable bonds is 6. The average molecular weight is 375 g/mol. The topological polar surface area (TPSA) is 84.2 Å². The minimum absolute atomic E-state index is 0.0410. The fourth-order valence-electron chi connectivity index (χ4n) is 2.56. The van der Waals surface area contributed by atoms with Crippen molar-refractivity contribution in [2.45, 2.75) is 25.3 Å². The minimum Gasteiger partial charge on any atom is -0.381 e. The van der Waals surface area contributed by atoms with Crippen LogP contribution in [0.5, 0.6) is 0 Å². The molecule has 2 N–H and O–H groups in total.